The molecule has 34 heavy (non-hydrogen) atoms. The van der Waals surface area contributed by atoms with Gasteiger partial charge in [-0.2, -0.15) is 0 Å². The van der Waals surface area contributed by atoms with Gasteiger partial charge < -0.3 is 31.5 Å². The van der Waals surface area contributed by atoms with Crippen LogP contribution < -0.4 is 21.3 Å². The molecule has 2 rings (SSSR count). The molecule has 0 aliphatic carbocycles. The molecule has 0 aliphatic heterocycles. The largest absolute Gasteiger partial charge is 0.392 e. The first kappa shape index (κ1) is 28.3. The first-order valence-corrected chi connectivity index (χ1v) is 12.4. The van der Waals surface area contributed by atoms with Crippen LogP contribution in [0, 0.1) is 0 Å². The van der Waals surface area contributed by atoms with E-state index in [-0.39, 0.29) is 30.3 Å². The Balaban J connectivity index is 1.82. The van der Waals surface area contributed by atoms with Crippen LogP contribution in [0.2, 0.25) is 0 Å². The monoisotopic (exact) mass is 472 g/mol. The molecule has 0 aromatic carbocycles. The minimum Gasteiger partial charge on any atom is -0.392 e. The lowest BCUT2D eigenvalue weighted by Crippen LogP contribution is -2.37. The molecule has 0 amide bonds. The summed E-state index contributed by atoms with van der Waals surface area (Å²) in [5.41, 5.74) is 3.83. The van der Waals surface area contributed by atoms with Gasteiger partial charge >= 0.3 is 0 Å². The summed E-state index contributed by atoms with van der Waals surface area (Å²) in [6.07, 6.45) is -0.160. The minimum atomic E-state index is -0.538. The maximum absolute atomic E-state index is 10.5. The Morgan fingerprint density at radius 3 is 1.35 bits per heavy atom. The minimum absolute atomic E-state index is 0.00170. The van der Waals surface area contributed by atoms with E-state index in [9.17, 15) is 10.2 Å². The summed E-state index contributed by atoms with van der Waals surface area (Å²) in [6.45, 7) is 11.7. The number of aliphatic hydroxyl groups excluding tert-OH is 2. The van der Waals surface area contributed by atoms with E-state index in [1.807, 2.05) is 64.2 Å². The number of aliphatic hydroxyl groups is 2. The van der Waals surface area contributed by atoms with E-state index >= 15 is 0 Å². The van der Waals surface area contributed by atoms with E-state index in [4.69, 9.17) is 9.97 Å². The highest BCUT2D eigenvalue weighted by molar-refractivity contribution is 5.17. The number of aromatic nitrogens is 2. The maximum atomic E-state index is 10.5. The van der Waals surface area contributed by atoms with Crippen LogP contribution in [0.5, 0.6) is 0 Å². The second-order valence-corrected chi connectivity index (χ2v) is 9.09. The van der Waals surface area contributed by atoms with Gasteiger partial charge in [-0.3, -0.25) is 9.97 Å². The van der Waals surface area contributed by atoms with Crippen LogP contribution in [0.15, 0.2) is 36.4 Å². The maximum Gasteiger partial charge on any atom is 0.0789 e. The van der Waals surface area contributed by atoms with E-state index < -0.39 is 6.10 Å². The summed E-state index contributed by atoms with van der Waals surface area (Å²) in [4.78, 5) is 9.52. The molecule has 8 heteroatoms. The molecule has 0 saturated carbocycles. The van der Waals surface area contributed by atoms with Crippen molar-refractivity contribution >= 4 is 0 Å². The number of pyridine rings is 2. The highest BCUT2D eigenvalue weighted by atomic mass is 16.3. The molecule has 0 fully saturated rings. The summed E-state index contributed by atoms with van der Waals surface area (Å²) in [5, 5.41) is 33.6. The van der Waals surface area contributed by atoms with Crippen LogP contribution in [-0.4, -0.2) is 59.1 Å². The third kappa shape index (κ3) is 9.02. The smallest absolute Gasteiger partial charge is 0.0789 e. The predicted octanol–water partition coefficient (Wildman–Crippen LogP) is 2.54. The van der Waals surface area contributed by atoms with Crippen molar-refractivity contribution in [2.24, 2.45) is 0 Å². The fraction of sp³-hybridized carbons (Fsp3) is 0.615. The zero-order chi connectivity index (χ0) is 25.1. The second kappa shape index (κ2) is 14.5. The fourth-order valence-corrected chi connectivity index (χ4v) is 3.52. The number of rotatable bonds is 15. The van der Waals surface area contributed by atoms with Gasteiger partial charge in [0.1, 0.15) is 0 Å². The van der Waals surface area contributed by atoms with Gasteiger partial charge in [0.25, 0.3) is 0 Å². The molecule has 0 bridgehead atoms. The first-order chi connectivity index (χ1) is 16.2. The molecule has 2 aromatic rings. The van der Waals surface area contributed by atoms with Crippen LogP contribution in [0.3, 0.4) is 0 Å². The molecule has 8 nitrogen and oxygen atoms in total. The molecule has 2 aromatic heterocycles. The number of hydrogen-bond donors (Lipinski definition) is 6. The molecule has 0 spiro atoms. The zero-order valence-electron chi connectivity index (χ0n) is 21.5. The Morgan fingerprint density at radius 1 is 0.647 bits per heavy atom. The third-order valence-electron chi connectivity index (χ3n) is 6.24. The fourth-order valence-electron chi connectivity index (χ4n) is 3.52. The number of nitrogens with zero attached hydrogens (tertiary/aromatic N) is 2. The summed E-state index contributed by atoms with van der Waals surface area (Å²) >= 11 is 0. The summed E-state index contributed by atoms with van der Waals surface area (Å²) in [7, 11) is 1.92. The van der Waals surface area contributed by atoms with Crippen molar-refractivity contribution in [2.45, 2.75) is 77.4 Å². The van der Waals surface area contributed by atoms with Crippen molar-refractivity contribution < 1.29 is 10.2 Å². The lowest BCUT2D eigenvalue weighted by Gasteiger charge is -2.21. The molecule has 6 atom stereocenters. The van der Waals surface area contributed by atoms with E-state index in [1.165, 1.54) is 0 Å². The van der Waals surface area contributed by atoms with Gasteiger partial charge in [0.15, 0.2) is 0 Å². The number of nitrogens with one attached hydrogen (secondary N) is 4. The van der Waals surface area contributed by atoms with Gasteiger partial charge in [0.2, 0.25) is 0 Å². The summed E-state index contributed by atoms with van der Waals surface area (Å²) < 4.78 is 0. The van der Waals surface area contributed by atoms with Crippen molar-refractivity contribution in [3.05, 3.63) is 59.2 Å². The molecule has 0 saturated heterocycles. The van der Waals surface area contributed by atoms with E-state index in [1.54, 1.807) is 0 Å². The van der Waals surface area contributed by atoms with Gasteiger partial charge in [-0.15, -0.1) is 0 Å². The van der Waals surface area contributed by atoms with Crippen LogP contribution >= 0.6 is 0 Å². The Hall–Kier alpha value is -1.94. The third-order valence-corrected chi connectivity index (χ3v) is 6.24. The lowest BCUT2D eigenvalue weighted by molar-refractivity contribution is 0.161. The van der Waals surface area contributed by atoms with Crippen LogP contribution in [0.25, 0.3) is 0 Å². The Kier molecular flexibility index (Phi) is 12.0. The van der Waals surface area contributed by atoms with Crippen molar-refractivity contribution in [1.29, 1.82) is 0 Å². The SMILES string of the molecule is CCC(O)CNC(C)c1cccc(C(C)NCC(O)CNC(C)c2cccc(C(C)NC)n2)n1. The predicted molar refractivity (Wildman–Crippen MR) is 138 cm³/mol. The average molecular weight is 473 g/mol. The topological polar surface area (TPSA) is 114 Å². The standard InChI is InChI=1S/C26H44N6O2/c1-7-21(33)14-28-18(3)25-12-9-13-26(32-25)20(5)30-16-22(34)15-29-19(4)24-11-8-10-23(31-24)17(2)27-6/h8-13,17-22,27-30,33-34H,7,14-16H2,1-6H3. The molecule has 190 valence electrons. The Labute approximate surface area is 205 Å². The van der Waals surface area contributed by atoms with Gasteiger partial charge in [-0.05, 0) is 65.4 Å². The molecule has 6 N–H and O–H groups in total. The zero-order valence-corrected chi connectivity index (χ0v) is 21.5. The highest BCUT2D eigenvalue weighted by Crippen LogP contribution is 2.16. The van der Waals surface area contributed by atoms with Crippen molar-refractivity contribution in [3.8, 4) is 0 Å². The van der Waals surface area contributed by atoms with Gasteiger partial charge in [-0.1, -0.05) is 19.1 Å². The molecule has 6 unspecified atom stereocenters. The van der Waals surface area contributed by atoms with Crippen molar-refractivity contribution in [3.63, 3.8) is 0 Å². The average Bonchev–Trinajstić information content (AvgIpc) is 2.88. The number of hydrogen-bond acceptors (Lipinski definition) is 8. The van der Waals surface area contributed by atoms with Gasteiger partial charge in [0, 0.05) is 43.8 Å². The quantitative estimate of drug-likeness (QED) is 0.234. The second-order valence-electron chi connectivity index (χ2n) is 9.09. The van der Waals surface area contributed by atoms with Crippen molar-refractivity contribution in [2.75, 3.05) is 26.7 Å². The van der Waals surface area contributed by atoms with E-state index in [0.29, 0.717) is 19.6 Å². The molecular formula is C26H44N6O2. The summed E-state index contributed by atoms with van der Waals surface area (Å²) in [6, 6.07) is 12.3. The molecule has 2 heterocycles. The Morgan fingerprint density at radius 2 is 1.00 bits per heavy atom. The van der Waals surface area contributed by atoms with Gasteiger partial charge in [-0.25, -0.2) is 0 Å². The lowest BCUT2D eigenvalue weighted by atomic mass is 10.1. The molecule has 0 radical (unpaired) electrons. The Bertz CT molecular complexity index is 852. The van der Waals surface area contributed by atoms with Crippen LogP contribution in [-0.2, 0) is 0 Å². The van der Waals surface area contributed by atoms with E-state index in [0.717, 1.165) is 29.2 Å². The summed E-state index contributed by atoms with van der Waals surface area (Å²) in [5.74, 6) is 0. The van der Waals surface area contributed by atoms with Crippen LogP contribution in [0.1, 0.15) is 88.0 Å². The van der Waals surface area contributed by atoms with Crippen LogP contribution in [0.4, 0.5) is 0 Å². The van der Waals surface area contributed by atoms with Gasteiger partial charge in [0.05, 0.1) is 35.0 Å². The van der Waals surface area contributed by atoms with Crippen molar-refractivity contribution in [1.82, 2.24) is 31.2 Å². The molecular weight excluding hydrogens is 428 g/mol. The molecule has 0 aliphatic rings. The van der Waals surface area contributed by atoms with E-state index in [2.05, 4.69) is 35.1 Å². The first-order valence-electron chi connectivity index (χ1n) is 12.4. The normalized spacial score (nSPS) is 17.1. The highest BCUT2D eigenvalue weighted by Gasteiger charge is 2.15.